The van der Waals surface area contributed by atoms with E-state index in [2.05, 4.69) is 15.0 Å². The van der Waals surface area contributed by atoms with Crippen LogP contribution in [0.5, 0.6) is 0 Å². The number of fused-ring (bicyclic) bond motifs is 1. The first-order valence-corrected chi connectivity index (χ1v) is 6.15. The maximum Gasteiger partial charge on any atom is 0.451 e. The molecule has 1 aromatic carbocycles. The molecule has 0 spiro atoms. The van der Waals surface area contributed by atoms with Gasteiger partial charge in [0.05, 0.1) is 12.9 Å². The first-order chi connectivity index (χ1) is 10.4. The smallest absolute Gasteiger partial charge is 0.382 e. The molecule has 5 nitrogen and oxygen atoms in total. The second-order valence-corrected chi connectivity index (χ2v) is 4.57. The third-order valence-electron chi connectivity index (χ3n) is 3.04. The minimum absolute atomic E-state index is 0.0169. The van der Waals surface area contributed by atoms with E-state index >= 15 is 0 Å². The Morgan fingerprint density at radius 3 is 2.55 bits per heavy atom. The highest BCUT2D eigenvalue weighted by Crippen LogP contribution is 2.29. The SMILES string of the molecule is Nc1nc(C(F)(F)F)nc2c1ncn2Cc1ccccc1F. The van der Waals surface area contributed by atoms with Gasteiger partial charge in [0.1, 0.15) is 11.3 Å². The third-order valence-corrected chi connectivity index (χ3v) is 3.04. The molecule has 114 valence electrons. The molecule has 2 heterocycles. The van der Waals surface area contributed by atoms with Crippen molar-refractivity contribution in [3.8, 4) is 0 Å². The van der Waals surface area contributed by atoms with Gasteiger partial charge in [-0.1, -0.05) is 18.2 Å². The first-order valence-electron chi connectivity index (χ1n) is 6.15. The Hall–Kier alpha value is -2.71. The van der Waals surface area contributed by atoms with Crippen molar-refractivity contribution in [1.82, 2.24) is 19.5 Å². The number of nitrogen functional groups attached to an aromatic ring is 1. The number of nitrogens with zero attached hydrogens (tertiary/aromatic N) is 4. The molecule has 2 N–H and O–H groups in total. The zero-order valence-corrected chi connectivity index (χ0v) is 11.0. The summed E-state index contributed by atoms with van der Waals surface area (Å²) in [5.41, 5.74) is 5.74. The van der Waals surface area contributed by atoms with Crippen LogP contribution in [0, 0.1) is 5.82 Å². The largest absolute Gasteiger partial charge is 0.451 e. The number of aromatic nitrogens is 4. The summed E-state index contributed by atoms with van der Waals surface area (Å²) in [5.74, 6) is -2.19. The molecule has 22 heavy (non-hydrogen) atoms. The molecule has 9 heteroatoms. The van der Waals surface area contributed by atoms with Gasteiger partial charge in [0.15, 0.2) is 11.5 Å². The number of hydrogen-bond donors (Lipinski definition) is 1. The number of imidazole rings is 1. The van der Waals surface area contributed by atoms with Crippen molar-refractivity contribution in [2.24, 2.45) is 0 Å². The maximum absolute atomic E-state index is 13.7. The Morgan fingerprint density at radius 2 is 1.86 bits per heavy atom. The average molecular weight is 311 g/mol. The van der Waals surface area contributed by atoms with E-state index in [1.54, 1.807) is 6.07 Å². The van der Waals surface area contributed by atoms with E-state index in [0.717, 1.165) is 0 Å². The first kappa shape index (κ1) is 14.2. The van der Waals surface area contributed by atoms with E-state index in [1.807, 2.05) is 0 Å². The molecule has 0 saturated carbocycles. The predicted molar refractivity (Wildman–Crippen MR) is 70.2 cm³/mol. The van der Waals surface area contributed by atoms with Crippen molar-refractivity contribution in [3.05, 3.63) is 47.8 Å². The lowest BCUT2D eigenvalue weighted by Crippen LogP contribution is -2.14. The summed E-state index contributed by atoms with van der Waals surface area (Å²) in [6, 6.07) is 5.93. The van der Waals surface area contributed by atoms with Crippen LogP contribution in [0.15, 0.2) is 30.6 Å². The fourth-order valence-corrected chi connectivity index (χ4v) is 2.02. The molecule has 0 aliphatic heterocycles. The molecule has 0 saturated heterocycles. The van der Waals surface area contributed by atoms with Gasteiger partial charge in [-0.2, -0.15) is 13.2 Å². The van der Waals surface area contributed by atoms with E-state index in [1.165, 1.54) is 29.1 Å². The van der Waals surface area contributed by atoms with Crippen LogP contribution in [0.1, 0.15) is 11.4 Å². The maximum atomic E-state index is 13.7. The molecule has 0 aliphatic carbocycles. The van der Waals surface area contributed by atoms with Crippen molar-refractivity contribution in [2.75, 3.05) is 5.73 Å². The molecular formula is C13H9F4N5. The number of halogens is 4. The van der Waals surface area contributed by atoms with Gasteiger partial charge in [0.2, 0.25) is 5.82 Å². The Morgan fingerprint density at radius 1 is 1.14 bits per heavy atom. The van der Waals surface area contributed by atoms with Gasteiger partial charge in [0.25, 0.3) is 0 Å². The molecule has 3 aromatic rings. The molecular weight excluding hydrogens is 302 g/mol. The molecule has 3 rings (SSSR count). The minimum atomic E-state index is -4.73. The Kier molecular flexibility index (Phi) is 3.19. The van der Waals surface area contributed by atoms with E-state index in [0.29, 0.717) is 5.56 Å². The van der Waals surface area contributed by atoms with Crippen LogP contribution in [0.3, 0.4) is 0 Å². The van der Waals surface area contributed by atoms with Crippen molar-refractivity contribution in [1.29, 1.82) is 0 Å². The molecule has 2 aromatic heterocycles. The fourth-order valence-electron chi connectivity index (χ4n) is 2.02. The summed E-state index contributed by atoms with van der Waals surface area (Å²) in [5, 5.41) is 0. The number of hydrogen-bond acceptors (Lipinski definition) is 4. The molecule has 0 bridgehead atoms. The monoisotopic (exact) mass is 311 g/mol. The van der Waals surface area contributed by atoms with Gasteiger partial charge in [-0.25, -0.2) is 19.3 Å². The summed E-state index contributed by atoms with van der Waals surface area (Å²) >= 11 is 0. The van der Waals surface area contributed by atoms with Gasteiger partial charge < -0.3 is 10.3 Å². The van der Waals surface area contributed by atoms with Crippen LogP contribution in [0.25, 0.3) is 11.2 Å². The Bertz CT molecular complexity index is 840. The van der Waals surface area contributed by atoms with Crippen molar-refractivity contribution in [2.45, 2.75) is 12.7 Å². The standard InChI is InChI=1S/C13H9F4N5/c14-8-4-2-1-3-7(8)5-22-6-19-9-10(18)20-12(13(15,16)17)21-11(9)22/h1-4,6H,5H2,(H2,18,20,21). The van der Waals surface area contributed by atoms with Crippen LogP contribution in [0.4, 0.5) is 23.4 Å². The van der Waals surface area contributed by atoms with E-state index in [-0.39, 0.29) is 23.5 Å². The second-order valence-electron chi connectivity index (χ2n) is 4.57. The lowest BCUT2D eigenvalue weighted by atomic mass is 10.2. The fraction of sp³-hybridized carbons (Fsp3) is 0.154. The molecule has 0 aliphatic rings. The molecule has 0 amide bonds. The minimum Gasteiger partial charge on any atom is -0.382 e. The number of anilines is 1. The highest BCUT2D eigenvalue weighted by Gasteiger charge is 2.36. The normalized spacial score (nSPS) is 12.0. The quantitative estimate of drug-likeness (QED) is 0.739. The number of rotatable bonds is 2. The average Bonchev–Trinajstić information content (AvgIpc) is 2.84. The molecule has 0 unspecified atom stereocenters. The zero-order chi connectivity index (χ0) is 15.9. The lowest BCUT2D eigenvalue weighted by Gasteiger charge is -2.08. The van der Waals surface area contributed by atoms with Crippen molar-refractivity contribution in [3.63, 3.8) is 0 Å². The summed E-state index contributed by atoms with van der Waals surface area (Å²) < 4.78 is 53.2. The van der Waals surface area contributed by atoms with Crippen LogP contribution in [-0.2, 0) is 12.7 Å². The van der Waals surface area contributed by atoms with Crippen LogP contribution >= 0.6 is 0 Å². The van der Waals surface area contributed by atoms with Gasteiger partial charge in [-0.05, 0) is 6.07 Å². The van der Waals surface area contributed by atoms with Gasteiger partial charge in [-0.3, -0.25) is 0 Å². The summed E-state index contributed by atoms with van der Waals surface area (Å²) in [7, 11) is 0. The van der Waals surface area contributed by atoms with E-state index in [4.69, 9.17) is 5.73 Å². The van der Waals surface area contributed by atoms with Gasteiger partial charge >= 0.3 is 6.18 Å². The molecule has 0 atom stereocenters. The van der Waals surface area contributed by atoms with E-state index < -0.39 is 17.8 Å². The van der Waals surface area contributed by atoms with Crippen LogP contribution in [0.2, 0.25) is 0 Å². The summed E-state index contributed by atoms with van der Waals surface area (Å²) in [6.07, 6.45) is -3.47. The number of benzene rings is 1. The van der Waals surface area contributed by atoms with Gasteiger partial charge in [-0.15, -0.1) is 0 Å². The Balaban J connectivity index is 2.11. The molecule has 0 radical (unpaired) electrons. The van der Waals surface area contributed by atoms with Crippen molar-refractivity contribution < 1.29 is 17.6 Å². The van der Waals surface area contributed by atoms with Crippen LogP contribution in [-0.4, -0.2) is 19.5 Å². The third kappa shape index (κ3) is 2.45. The predicted octanol–water partition coefficient (Wildman–Crippen LogP) is 2.61. The highest BCUT2D eigenvalue weighted by atomic mass is 19.4. The second kappa shape index (κ2) is 4.93. The van der Waals surface area contributed by atoms with Gasteiger partial charge in [0, 0.05) is 5.56 Å². The molecule has 0 fully saturated rings. The van der Waals surface area contributed by atoms with E-state index in [9.17, 15) is 17.6 Å². The van der Waals surface area contributed by atoms with Crippen LogP contribution < -0.4 is 5.73 Å². The number of nitrogens with two attached hydrogens (primary N) is 1. The topological polar surface area (TPSA) is 69.6 Å². The van der Waals surface area contributed by atoms with Crippen molar-refractivity contribution >= 4 is 17.0 Å². The lowest BCUT2D eigenvalue weighted by molar-refractivity contribution is -0.144. The summed E-state index contributed by atoms with van der Waals surface area (Å²) in [6.45, 7) is -0.0169. The number of alkyl halides is 3. The highest BCUT2D eigenvalue weighted by molar-refractivity contribution is 5.81. The zero-order valence-electron chi connectivity index (χ0n) is 11.0. The Labute approximate surface area is 121 Å². The summed E-state index contributed by atoms with van der Waals surface area (Å²) in [4.78, 5) is 10.5.